The maximum Gasteiger partial charge on any atom is 0.324 e. The van der Waals surface area contributed by atoms with Crippen LogP contribution in [0.2, 0.25) is 5.54 Å². The second-order valence-electron chi connectivity index (χ2n) is 3.34. The van der Waals surface area contributed by atoms with Crippen molar-refractivity contribution >= 4 is 9.28 Å². The van der Waals surface area contributed by atoms with Crippen LogP contribution in [0.25, 0.3) is 0 Å². The zero-order valence-corrected chi connectivity index (χ0v) is 10.1. The fraction of sp³-hybridized carbons (Fsp3) is 0.500. The molecule has 78 valence electrons. The Bertz CT molecular complexity index is 252. The van der Waals surface area contributed by atoms with Crippen molar-refractivity contribution in [3.05, 3.63) is 30.1 Å². The van der Waals surface area contributed by atoms with Gasteiger partial charge in [-0.25, -0.2) is 0 Å². The molecule has 0 bridgehead atoms. The van der Waals surface area contributed by atoms with E-state index in [0.717, 1.165) is 12.1 Å². The van der Waals surface area contributed by atoms with E-state index >= 15 is 0 Å². The van der Waals surface area contributed by atoms with Gasteiger partial charge in [-0.2, -0.15) is 0 Å². The third kappa shape index (κ3) is 3.21. The van der Waals surface area contributed by atoms with Gasteiger partial charge in [0, 0.05) is 31.7 Å². The molecule has 0 spiro atoms. The maximum absolute atomic E-state index is 5.32. The molecule has 1 atom stereocenters. The molecule has 1 aromatic heterocycles. The molecule has 1 rings (SSSR count). The van der Waals surface area contributed by atoms with Gasteiger partial charge in [0.05, 0.1) is 0 Å². The Morgan fingerprint density at radius 3 is 2.57 bits per heavy atom. The quantitative estimate of drug-likeness (QED) is 0.692. The Balaban J connectivity index is 2.52. The monoisotopic (exact) mass is 211 g/mol. The van der Waals surface area contributed by atoms with E-state index in [2.05, 4.69) is 11.9 Å². The molecule has 3 nitrogen and oxygen atoms in total. The first-order chi connectivity index (χ1) is 6.77. The van der Waals surface area contributed by atoms with Crippen molar-refractivity contribution in [1.82, 2.24) is 4.98 Å². The normalized spacial score (nSPS) is 13.1. The predicted molar refractivity (Wildman–Crippen MR) is 58.5 cm³/mol. The number of rotatable bonds is 5. The summed E-state index contributed by atoms with van der Waals surface area (Å²) in [6.45, 7) is 2.15. The smallest absolute Gasteiger partial charge is 0.324 e. The van der Waals surface area contributed by atoms with Gasteiger partial charge >= 0.3 is 9.28 Å². The molecule has 0 fully saturated rings. The van der Waals surface area contributed by atoms with Crippen molar-refractivity contribution in [2.45, 2.75) is 18.9 Å². The molecule has 0 saturated heterocycles. The minimum Gasteiger partial charge on any atom is -0.400 e. The Labute approximate surface area is 86.9 Å². The van der Waals surface area contributed by atoms with E-state index in [1.54, 1.807) is 14.2 Å². The van der Waals surface area contributed by atoms with E-state index in [-0.39, 0.29) is 0 Å². The van der Waals surface area contributed by atoms with E-state index in [9.17, 15) is 0 Å². The highest BCUT2D eigenvalue weighted by molar-refractivity contribution is 6.46. The zero-order valence-electron chi connectivity index (χ0n) is 8.93. The molecule has 1 unspecified atom stereocenters. The second-order valence-corrected chi connectivity index (χ2v) is 6.16. The summed E-state index contributed by atoms with van der Waals surface area (Å²) in [6, 6.07) is 5.97. The summed E-state index contributed by atoms with van der Waals surface area (Å²) >= 11 is 0. The van der Waals surface area contributed by atoms with Crippen LogP contribution in [0.1, 0.15) is 12.6 Å². The molecule has 0 amide bonds. The van der Waals surface area contributed by atoms with E-state index in [1.165, 1.54) is 0 Å². The molecule has 4 heteroatoms. The third-order valence-corrected chi connectivity index (χ3v) is 4.28. The number of pyridine rings is 1. The van der Waals surface area contributed by atoms with Gasteiger partial charge in [-0.05, 0) is 18.6 Å². The van der Waals surface area contributed by atoms with Gasteiger partial charge in [0.15, 0.2) is 0 Å². The molecule has 0 radical (unpaired) electrons. The van der Waals surface area contributed by atoms with Crippen LogP contribution in [0, 0.1) is 0 Å². The average Bonchev–Trinajstić information content (AvgIpc) is 2.21. The lowest BCUT2D eigenvalue weighted by atomic mass is 10.2. The first kappa shape index (κ1) is 11.4. The Morgan fingerprint density at radius 1 is 1.36 bits per heavy atom. The molecule has 0 aliphatic carbocycles. The van der Waals surface area contributed by atoms with Crippen LogP contribution in [0.3, 0.4) is 0 Å². The van der Waals surface area contributed by atoms with Crippen LogP contribution in [-0.2, 0) is 15.3 Å². The average molecular weight is 211 g/mol. The Morgan fingerprint density at radius 2 is 2.07 bits per heavy atom. The lowest BCUT2D eigenvalue weighted by Crippen LogP contribution is -2.26. The standard InChI is InChI=1S/C10H17NO2Si/c1-9(14(12-2)13-3)8-10-6-4-5-7-11-10/h4-7,9,14H,8H2,1-3H3. The topological polar surface area (TPSA) is 31.4 Å². The molecule has 0 aliphatic heterocycles. The molecular formula is C10H17NO2Si. The third-order valence-electron chi connectivity index (χ3n) is 2.19. The summed E-state index contributed by atoms with van der Waals surface area (Å²) < 4.78 is 10.6. The highest BCUT2D eigenvalue weighted by Crippen LogP contribution is 2.15. The lowest BCUT2D eigenvalue weighted by Gasteiger charge is -2.18. The van der Waals surface area contributed by atoms with Gasteiger partial charge in [-0.1, -0.05) is 13.0 Å². The summed E-state index contributed by atoms with van der Waals surface area (Å²) in [4.78, 5) is 4.28. The minimum atomic E-state index is -1.50. The zero-order chi connectivity index (χ0) is 10.4. The van der Waals surface area contributed by atoms with Crippen molar-refractivity contribution in [2.75, 3.05) is 14.2 Å². The van der Waals surface area contributed by atoms with E-state index in [4.69, 9.17) is 8.85 Å². The highest BCUT2D eigenvalue weighted by atomic mass is 28.3. The highest BCUT2D eigenvalue weighted by Gasteiger charge is 2.20. The van der Waals surface area contributed by atoms with Crippen LogP contribution in [0.15, 0.2) is 24.4 Å². The number of aromatic nitrogens is 1. The van der Waals surface area contributed by atoms with Crippen molar-refractivity contribution < 1.29 is 8.85 Å². The van der Waals surface area contributed by atoms with Crippen LogP contribution >= 0.6 is 0 Å². The first-order valence-corrected chi connectivity index (χ1v) is 6.34. The molecule has 14 heavy (non-hydrogen) atoms. The minimum absolute atomic E-state index is 0.444. The van der Waals surface area contributed by atoms with Crippen LogP contribution < -0.4 is 0 Å². The molecule has 1 heterocycles. The van der Waals surface area contributed by atoms with Gasteiger partial charge in [-0.15, -0.1) is 0 Å². The van der Waals surface area contributed by atoms with Crippen LogP contribution in [-0.4, -0.2) is 28.5 Å². The van der Waals surface area contributed by atoms with Crippen molar-refractivity contribution in [3.8, 4) is 0 Å². The van der Waals surface area contributed by atoms with Gasteiger partial charge in [0.2, 0.25) is 0 Å². The SMILES string of the molecule is CO[SiH](OC)C(C)Cc1ccccn1. The Kier molecular flexibility index (Phi) is 4.79. The molecule has 0 saturated carbocycles. The van der Waals surface area contributed by atoms with Gasteiger partial charge < -0.3 is 8.85 Å². The summed E-state index contributed by atoms with van der Waals surface area (Å²) in [5, 5.41) is 0. The van der Waals surface area contributed by atoms with Crippen molar-refractivity contribution in [3.63, 3.8) is 0 Å². The molecule has 0 aromatic carbocycles. The first-order valence-electron chi connectivity index (χ1n) is 4.73. The van der Waals surface area contributed by atoms with Gasteiger partial charge in [0.25, 0.3) is 0 Å². The fourth-order valence-electron chi connectivity index (χ4n) is 1.51. The molecular weight excluding hydrogens is 194 g/mol. The van der Waals surface area contributed by atoms with Gasteiger partial charge in [-0.3, -0.25) is 4.98 Å². The van der Waals surface area contributed by atoms with E-state index < -0.39 is 9.28 Å². The van der Waals surface area contributed by atoms with E-state index in [1.807, 2.05) is 24.4 Å². The van der Waals surface area contributed by atoms with Crippen LogP contribution in [0.4, 0.5) is 0 Å². The van der Waals surface area contributed by atoms with Crippen LogP contribution in [0.5, 0.6) is 0 Å². The molecule has 0 aliphatic rings. The summed E-state index contributed by atoms with van der Waals surface area (Å²) in [7, 11) is 1.94. The van der Waals surface area contributed by atoms with Gasteiger partial charge in [0.1, 0.15) is 0 Å². The second kappa shape index (κ2) is 5.90. The summed E-state index contributed by atoms with van der Waals surface area (Å²) in [6.07, 6.45) is 2.75. The predicted octanol–water partition coefficient (Wildman–Crippen LogP) is 1.53. The number of nitrogens with zero attached hydrogens (tertiary/aromatic N) is 1. The van der Waals surface area contributed by atoms with E-state index in [0.29, 0.717) is 5.54 Å². The fourth-order valence-corrected chi connectivity index (χ4v) is 3.06. The van der Waals surface area contributed by atoms with Crippen molar-refractivity contribution in [2.24, 2.45) is 0 Å². The summed E-state index contributed by atoms with van der Waals surface area (Å²) in [5.41, 5.74) is 1.55. The number of hydrogen-bond donors (Lipinski definition) is 0. The van der Waals surface area contributed by atoms with Crippen molar-refractivity contribution in [1.29, 1.82) is 0 Å². The molecule has 0 N–H and O–H groups in total. The largest absolute Gasteiger partial charge is 0.400 e. The number of hydrogen-bond acceptors (Lipinski definition) is 3. The molecule has 1 aromatic rings. The lowest BCUT2D eigenvalue weighted by molar-refractivity contribution is 0.266. The Hall–Kier alpha value is -0.713. The summed E-state index contributed by atoms with van der Waals surface area (Å²) in [5.74, 6) is 0. The maximum atomic E-state index is 5.32.